The number of nitrogens with zero attached hydrogens (tertiary/aromatic N) is 2. The zero-order chi connectivity index (χ0) is 18.5. The van der Waals surface area contributed by atoms with Crippen LogP contribution in [0.3, 0.4) is 0 Å². The van der Waals surface area contributed by atoms with Crippen LogP contribution in [-0.2, 0) is 4.79 Å². The minimum absolute atomic E-state index is 0.0635. The van der Waals surface area contributed by atoms with Crippen LogP contribution in [0.1, 0.15) is 17.3 Å². The van der Waals surface area contributed by atoms with E-state index in [4.69, 9.17) is 0 Å². The van der Waals surface area contributed by atoms with Crippen molar-refractivity contribution in [2.75, 3.05) is 42.9 Å². The second kappa shape index (κ2) is 8.10. The molecule has 0 unspecified atom stereocenters. The van der Waals surface area contributed by atoms with Crippen LogP contribution >= 0.6 is 0 Å². The Labute approximate surface area is 152 Å². The molecule has 26 heavy (non-hydrogen) atoms. The third-order valence-corrected chi connectivity index (χ3v) is 4.51. The molecule has 0 radical (unpaired) electrons. The van der Waals surface area contributed by atoms with Crippen molar-refractivity contribution in [2.45, 2.75) is 6.92 Å². The molecule has 1 aliphatic heterocycles. The Hall–Kier alpha value is -2.73. The number of ketones is 1. The molecule has 0 spiro atoms. The van der Waals surface area contributed by atoms with Crippen LogP contribution in [0.15, 0.2) is 48.5 Å². The van der Waals surface area contributed by atoms with Crippen molar-refractivity contribution in [3.8, 4) is 0 Å². The maximum Gasteiger partial charge on any atom is 0.238 e. The van der Waals surface area contributed by atoms with Crippen LogP contribution < -0.4 is 10.2 Å². The number of piperazine rings is 1. The molecule has 1 N–H and O–H groups in total. The Kier molecular flexibility index (Phi) is 5.63. The van der Waals surface area contributed by atoms with Crippen LogP contribution in [0.5, 0.6) is 0 Å². The minimum Gasteiger partial charge on any atom is -0.369 e. The minimum atomic E-state index is -0.324. The first kappa shape index (κ1) is 18.1. The Balaban J connectivity index is 1.48. The molecule has 1 aliphatic rings. The Morgan fingerprint density at radius 3 is 2.15 bits per heavy atom. The maximum atomic E-state index is 12.9. The van der Waals surface area contributed by atoms with Gasteiger partial charge in [-0.3, -0.25) is 14.5 Å². The smallest absolute Gasteiger partial charge is 0.238 e. The molecule has 1 saturated heterocycles. The van der Waals surface area contributed by atoms with Crippen LogP contribution in [0, 0.1) is 5.82 Å². The molecule has 1 amide bonds. The van der Waals surface area contributed by atoms with Crippen molar-refractivity contribution in [3.63, 3.8) is 0 Å². The summed E-state index contributed by atoms with van der Waals surface area (Å²) in [5, 5.41) is 2.78. The first-order chi connectivity index (χ1) is 12.5. The zero-order valence-corrected chi connectivity index (χ0v) is 14.7. The highest BCUT2D eigenvalue weighted by Crippen LogP contribution is 2.18. The molecule has 2 aromatic rings. The normalized spacial score (nSPS) is 14.9. The van der Waals surface area contributed by atoms with Gasteiger partial charge in [0, 0.05) is 43.1 Å². The topological polar surface area (TPSA) is 52.7 Å². The SMILES string of the molecule is CC(=O)c1ccc(N2CCN(CC(=O)Nc3ccc(F)cc3)CC2)cc1. The van der Waals surface area contributed by atoms with Crippen LogP contribution in [-0.4, -0.2) is 49.3 Å². The van der Waals surface area contributed by atoms with Crippen LogP contribution in [0.4, 0.5) is 15.8 Å². The fourth-order valence-corrected chi connectivity index (χ4v) is 3.01. The number of nitrogens with one attached hydrogen (secondary N) is 1. The molecule has 0 aromatic heterocycles. The van der Waals surface area contributed by atoms with Gasteiger partial charge in [-0.05, 0) is 55.5 Å². The van der Waals surface area contributed by atoms with E-state index in [0.717, 1.165) is 31.9 Å². The van der Waals surface area contributed by atoms with Crippen molar-refractivity contribution in [1.29, 1.82) is 0 Å². The summed E-state index contributed by atoms with van der Waals surface area (Å²) in [5.41, 5.74) is 2.40. The predicted octanol–water partition coefficient (Wildman–Crippen LogP) is 2.79. The molecule has 2 aromatic carbocycles. The molecule has 3 rings (SSSR count). The van der Waals surface area contributed by atoms with E-state index in [1.807, 2.05) is 24.3 Å². The molecule has 6 heteroatoms. The lowest BCUT2D eigenvalue weighted by Gasteiger charge is -2.35. The van der Waals surface area contributed by atoms with Crippen molar-refractivity contribution >= 4 is 23.1 Å². The van der Waals surface area contributed by atoms with Crippen molar-refractivity contribution in [1.82, 2.24) is 4.90 Å². The Bertz CT molecular complexity index is 767. The first-order valence-corrected chi connectivity index (χ1v) is 8.65. The van der Waals surface area contributed by atoms with Gasteiger partial charge in [-0.1, -0.05) is 0 Å². The highest BCUT2D eigenvalue weighted by Gasteiger charge is 2.19. The molecular weight excluding hydrogens is 333 g/mol. The summed E-state index contributed by atoms with van der Waals surface area (Å²) in [5.74, 6) is -0.361. The standard InChI is InChI=1S/C20H22FN3O2/c1-15(25)16-2-8-19(9-3-16)24-12-10-23(11-13-24)14-20(26)22-18-6-4-17(21)5-7-18/h2-9H,10-14H2,1H3,(H,22,26). The molecule has 1 heterocycles. The van der Waals surface area contributed by atoms with Crippen LogP contribution in [0.25, 0.3) is 0 Å². The number of carbonyl (C=O) groups excluding carboxylic acids is 2. The van der Waals surface area contributed by atoms with Crippen molar-refractivity contribution in [3.05, 3.63) is 59.9 Å². The Morgan fingerprint density at radius 1 is 0.962 bits per heavy atom. The third kappa shape index (κ3) is 4.67. The van der Waals surface area contributed by atoms with Gasteiger partial charge in [0.15, 0.2) is 5.78 Å². The number of hydrogen-bond acceptors (Lipinski definition) is 4. The molecule has 0 bridgehead atoms. The number of halogens is 1. The van der Waals surface area contributed by atoms with Gasteiger partial charge >= 0.3 is 0 Å². The summed E-state index contributed by atoms with van der Waals surface area (Å²) >= 11 is 0. The fraction of sp³-hybridized carbons (Fsp3) is 0.300. The zero-order valence-electron chi connectivity index (χ0n) is 14.7. The largest absolute Gasteiger partial charge is 0.369 e. The summed E-state index contributed by atoms with van der Waals surface area (Å²) in [6.45, 7) is 5.09. The van der Waals surface area contributed by atoms with Gasteiger partial charge in [0.25, 0.3) is 0 Å². The predicted molar refractivity (Wildman–Crippen MR) is 100 cm³/mol. The van der Waals surface area contributed by atoms with Gasteiger partial charge in [-0.25, -0.2) is 4.39 Å². The lowest BCUT2D eigenvalue weighted by atomic mass is 10.1. The number of Topliss-reactive ketones (excluding diaryl/α,β-unsaturated/α-hetero) is 1. The summed E-state index contributed by atoms with van der Waals surface area (Å²) in [4.78, 5) is 27.8. The van der Waals surface area contributed by atoms with E-state index >= 15 is 0 Å². The highest BCUT2D eigenvalue weighted by molar-refractivity contribution is 5.94. The van der Waals surface area contributed by atoms with Gasteiger partial charge in [0.1, 0.15) is 5.82 Å². The third-order valence-electron chi connectivity index (χ3n) is 4.51. The fourth-order valence-electron chi connectivity index (χ4n) is 3.01. The molecule has 1 fully saturated rings. The number of carbonyl (C=O) groups is 2. The van der Waals surface area contributed by atoms with Gasteiger partial charge in [-0.15, -0.1) is 0 Å². The number of amides is 1. The highest BCUT2D eigenvalue weighted by atomic mass is 19.1. The van der Waals surface area contributed by atoms with Gasteiger partial charge in [-0.2, -0.15) is 0 Å². The van der Waals surface area contributed by atoms with Crippen molar-refractivity contribution in [2.24, 2.45) is 0 Å². The summed E-state index contributed by atoms with van der Waals surface area (Å²) in [6, 6.07) is 13.4. The summed E-state index contributed by atoms with van der Waals surface area (Å²) in [6.07, 6.45) is 0. The monoisotopic (exact) mass is 355 g/mol. The van der Waals surface area contributed by atoms with E-state index in [9.17, 15) is 14.0 Å². The molecule has 5 nitrogen and oxygen atoms in total. The quantitative estimate of drug-likeness (QED) is 0.838. The van der Waals surface area contributed by atoms with Gasteiger partial charge in [0.05, 0.1) is 6.54 Å². The molecule has 0 saturated carbocycles. The molecule has 136 valence electrons. The van der Waals surface area contributed by atoms with E-state index in [0.29, 0.717) is 17.8 Å². The van der Waals surface area contributed by atoms with Gasteiger partial charge in [0.2, 0.25) is 5.91 Å². The van der Waals surface area contributed by atoms with E-state index < -0.39 is 0 Å². The molecule has 0 atom stereocenters. The van der Waals surface area contributed by atoms with E-state index in [1.165, 1.54) is 12.1 Å². The Morgan fingerprint density at radius 2 is 1.58 bits per heavy atom. The van der Waals surface area contributed by atoms with Crippen molar-refractivity contribution < 1.29 is 14.0 Å². The van der Waals surface area contributed by atoms with E-state index in [2.05, 4.69) is 15.1 Å². The average Bonchev–Trinajstić information content (AvgIpc) is 2.64. The van der Waals surface area contributed by atoms with Gasteiger partial charge < -0.3 is 10.2 Å². The summed E-state index contributed by atoms with van der Waals surface area (Å²) in [7, 11) is 0. The van der Waals surface area contributed by atoms with E-state index in [1.54, 1.807) is 19.1 Å². The number of anilines is 2. The summed E-state index contributed by atoms with van der Waals surface area (Å²) < 4.78 is 12.9. The first-order valence-electron chi connectivity index (χ1n) is 8.65. The van der Waals surface area contributed by atoms with Crippen LogP contribution in [0.2, 0.25) is 0 Å². The van der Waals surface area contributed by atoms with E-state index in [-0.39, 0.29) is 17.5 Å². The molecule has 0 aliphatic carbocycles. The second-order valence-corrected chi connectivity index (χ2v) is 6.42. The lowest BCUT2D eigenvalue weighted by molar-refractivity contribution is -0.117. The number of hydrogen-bond donors (Lipinski definition) is 1. The lowest BCUT2D eigenvalue weighted by Crippen LogP contribution is -2.48. The second-order valence-electron chi connectivity index (χ2n) is 6.42. The molecular formula is C20H22FN3O2. The number of rotatable bonds is 5. The number of benzene rings is 2. The average molecular weight is 355 g/mol. The maximum absolute atomic E-state index is 12.9.